The molecule has 0 unspecified atom stereocenters. The molecule has 0 saturated heterocycles. The van der Waals surface area contributed by atoms with Crippen molar-refractivity contribution >= 4 is 18.3 Å². The van der Waals surface area contributed by atoms with Crippen molar-refractivity contribution in [2.24, 2.45) is 7.05 Å². The molecule has 1 heterocycles. The Bertz CT molecular complexity index is 1430. The van der Waals surface area contributed by atoms with Crippen molar-refractivity contribution in [2.75, 3.05) is 6.61 Å². The summed E-state index contributed by atoms with van der Waals surface area (Å²) in [6, 6.07) is 15.4. The van der Waals surface area contributed by atoms with E-state index in [0.29, 0.717) is 34.9 Å². The van der Waals surface area contributed by atoms with Gasteiger partial charge in [-0.1, -0.05) is 112 Å². The van der Waals surface area contributed by atoms with E-state index in [-0.39, 0.29) is 11.8 Å². The van der Waals surface area contributed by atoms with Crippen LogP contribution in [-0.4, -0.2) is 38.9 Å². The van der Waals surface area contributed by atoms with Crippen LogP contribution < -0.4 is 4.72 Å². The minimum absolute atomic E-state index is 0.0612. The van der Waals surface area contributed by atoms with Gasteiger partial charge in [0.25, 0.3) is 0 Å². The fourth-order valence-corrected chi connectivity index (χ4v) is 13.0. The minimum atomic E-state index is -3.87. The Morgan fingerprint density at radius 3 is 1.91 bits per heavy atom. The molecule has 0 bridgehead atoms. The van der Waals surface area contributed by atoms with Crippen LogP contribution in [-0.2, 0) is 34.3 Å². The van der Waals surface area contributed by atoms with Crippen LogP contribution in [0.4, 0.5) is 0 Å². The predicted molar refractivity (Wildman–Crippen MR) is 191 cm³/mol. The molecule has 0 amide bonds. The SMILES string of the molecule is CC(C)c1cc(C(C)C)c(S(=O)(=O)N[C@H](CO[Si](CCCc2ccccc2)(C(C)C)C(C)C)Cc2cncn2C)c(C(C)C)c1. The van der Waals surface area contributed by atoms with Gasteiger partial charge >= 0.3 is 0 Å². The number of nitrogens with zero attached hydrogens (tertiary/aromatic N) is 2. The first kappa shape index (κ1) is 37.2. The van der Waals surface area contributed by atoms with E-state index in [4.69, 9.17) is 4.43 Å². The van der Waals surface area contributed by atoms with Crippen LogP contribution in [0.15, 0.2) is 59.9 Å². The highest BCUT2D eigenvalue weighted by molar-refractivity contribution is 7.89. The summed E-state index contributed by atoms with van der Waals surface area (Å²) in [6.45, 7) is 22.1. The quantitative estimate of drug-likeness (QED) is 0.148. The zero-order chi connectivity index (χ0) is 33.5. The lowest BCUT2D eigenvalue weighted by Crippen LogP contribution is -2.49. The summed E-state index contributed by atoms with van der Waals surface area (Å²) < 4.78 is 41.3. The molecule has 0 saturated carbocycles. The molecule has 45 heavy (non-hydrogen) atoms. The maximum Gasteiger partial charge on any atom is 0.241 e. The third kappa shape index (κ3) is 9.40. The molecule has 250 valence electrons. The second kappa shape index (κ2) is 16.0. The van der Waals surface area contributed by atoms with E-state index >= 15 is 0 Å². The number of nitrogens with one attached hydrogen (secondary N) is 1. The van der Waals surface area contributed by atoms with Crippen molar-refractivity contribution in [3.63, 3.8) is 0 Å². The second-order valence-electron chi connectivity index (χ2n) is 14.4. The number of sulfonamides is 1. The topological polar surface area (TPSA) is 73.2 Å². The number of hydrogen-bond acceptors (Lipinski definition) is 4. The first-order chi connectivity index (χ1) is 21.1. The van der Waals surface area contributed by atoms with Crippen LogP contribution in [0.3, 0.4) is 0 Å². The zero-order valence-electron chi connectivity index (χ0n) is 29.7. The fourth-order valence-electron chi connectivity index (χ4n) is 6.57. The van der Waals surface area contributed by atoms with E-state index in [2.05, 4.69) is 121 Å². The number of benzene rings is 2. The van der Waals surface area contributed by atoms with Crippen molar-refractivity contribution in [2.45, 2.75) is 134 Å². The van der Waals surface area contributed by atoms with Crippen LogP contribution >= 0.6 is 0 Å². The van der Waals surface area contributed by atoms with Crippen molar-refractivity contribution < 1.29 is 12.8 Å². The molecule has 1 atom stereocenters. The van der Waals surface area contributed by atoms with Gasteiger partial charge in [0.1, 0.15) is 0 Å². The summed E-state index contributed by atoms with van der Waals surface area (Å²) in [4.78, 5) is 4.75. The Balaban J connectivity index is 1.99. The Morgan fingerprint density at radius 1 is 0.867 bits per heavy atom. The molecular formula is C37H59N3O3SSi. The van der Waals surface area contributed by atoms with Gasteiger partial charge in [-0.2, -0.15) is 0 Å². The highest BCUT2D eigenvalue weighted by Crippen LogP contribution is 2.39. The molecule has 0 aliphatic rings. The van der Waals surface area contributed by atoms with Gasteiger partial charge in [0.2, 0.25) is 10.0 Å². The maximum absolute atomic E-state index is 14.5. The summed E-state index contributed by atoms with van der Waals surface area (Å²) in [7, 11) is -4.19. The monoisotopic (exact) mass is 653 g/mol. The summed E-state index contributed by atoms with van der Waals surface area (Å²) >= 11 is 0. The smallest absolute Gasteiger partial charge is 0.241 e. The molecule has 8 heteroatoms. The lowest BCUT2D eigenvalue weighted by atomic mass is 9.89. The van der Waals surface area contributed by atoms with Gasteiger partial charge in [-0.05, 0) is 70.0 Å². The highest BCUT2D eigenvalue weighted by atomic mass is 32.2. The van der Waals surface area contributed by atoms with Gasteiger partial charge in [0.15, 0.2) is 8.32 Å². The maximum atomic E-state index is 14.5. The number of aromatic nitrogens is 2. The van der Waals surface area contributed by atoms with Crippen LogP contribution in [0.5, 0.6) is 0 Å². The van der Waals surface area contributed by atoms with E-state index in [1.807, 2.05) is 17.8 Å². The van der Waals surface area contributed by atoms with E-state index in [1.54, 1.807) is 6.33 Å². The molecule has 1 N–H and O–H groups in total. The van der Waals surface area contributed by atoms with Crippen LogP contribution in [0.1, 0.15) is 121 Å². The normalized spacial score (nSPS) is 13.6. The zero-order valence-corrected chi connectivity index (χ0v) is 31.5. The summed E-state index contributed by atoms with van der Waals surface area (Å²) in [6.07, 6.45) is 6.17. The van der Waals surface area contributed by atoms with Gasteiger partial charge in [-0.25, -0.2) is 18.1 Å². The third-order valence-electron chi connectivity index (χ3n) is 9.43. The molecule has 0 aliphatic heterocycles. The molecule has 1 aromatic heterocycles. The largest absolute Gasteiger partial charge is 0.415 e. The number of aryl methyl sites for hydroxylation is 2. The van der Waals surface area contributed by atoms with E-state index in [0.717, 1.165) is 35.7 Å². The molecule has 0 aliphatic carbocycles. The molecule has 6 nitrogen and oxygen atoms in total. The van der Waals surface area contributed by atoms with Gasteiger partial charge < -0.3 is 8.99 Å². The molecule has 0 spiro atoms. The lowest BCUT2D eigenvalue weighted by Gasteiger charge is -2.40. The first-order valence-electron chi connectivity index (χ1n) is 16.9. The standard InChI is InChI=1S/C37H59N3O3SSi/c1-26(2)32-20-35(27(3)4)37(36(21-32)28(5)6)44(41,42)39-33(22-34-23-38-25-40(34)11)24-43-45(29(7)8,30(9)10)19-15-18-31-16-13-12-14-17-31/h12-14,16-17,20-21,23,25-30,33,39H,15,18-19,22,24H2,1-11H3/t33-/m0/s1. The van der Waals surface area contributed by atoms with Crippen molar-refractivity contribution in [3.8, 4) is 0 Å². The average molecular weight is 654 g/mol. The number of rotatable bonds is 17. The Kier molecular flexibility index (Phi) is 13.2. The highest BCUT2D eigenvalue weighted by Gasteiger charge is 2.42. The van der Waals surface area contributed by atoms with E-state index in [9.17, 15) is 8.42 Å². The van der Waals surface area contributed by atoms with E-state index < -0.39 is 24.4 Å². The average Bonchev–Trinajstić information content (AvgIpc) is 3.37. The Hall–Kier alpha value is -2.26. The molecule has 0 fully saturated rings. The van der Waals surface area contributed by atoms with Gasteiger partial charge in [-0.15, -0.1) is 0 Å². The van der Waals surface area contributed by atoms with E-state index in [1.165, 1.54) is 11.1 Å². The third-order valence-corrected chi connectivity index (χ3v) is 16.8. The van der Waals surface area contributed by atoms with Crippen molar-refractivity contribution in [1.82, 2.24) is 14.3 Å². The summed E-state index contributed by atoms with van der Waals surface area (Å²) in [5, 5.41) is 0. The van der Waals surface area contributed by atoms with Crippen molar-refractivity contribution in [1.29, 1.82) is 0 Å². The molecule has 3 rings (SSSR count). The Morgan fingerprint density at radius 2 is 1.44 bits per heavy atom. The van der Waals surface area contributed by atoms with Crippen LogP contribution in [0.2, 0.25) is 17.1 Å². The summed E-state index contributed by atoms with van der Waals surface area (Å²) in [5.41, 5.74) is 6.05. The van der Waals surface area contributed by atoms with Gasteiger partial charge in [0.05, 0.1) is 17.8 Å². The molecular weight excluding hydrogens is 595 g/mol. The second-order valence-corrected chi connectivity index (χ2v) is 21.1. The Labute approximate surface area is 275 Å². The number of hydrogen-bond donors (Lipinski definition) is 1. The van der Waals surface area contributed by atoms with Crippen LogP contribution in [0, 0.1) is 0 Å². The van der Waals surface area contributed by atoms with Crippen LogP contribution in [0.25, 0.3) is 0 Å². The summed E-state index contributed by atoms with van der Waals surface area (Å²) in [5.74, 6) is 0.431. The van der Waals surface area contributed by atoms with Gasteiger partial charge in [-0.3, -0.25) is 0 Å². The molecule has 3 aromatic rings. The lowest BCUT2D eigenvalue weighted by molar-refractivity contribution is 0.249. The first-order valence-corrected chi connectivity index (χ1v) is 20.7. The minimum Gasteiger partial charge on any atom is -0.415 e. The molecule has 2 aromatic carbocycles. The molecule has 0 radical (unpaired) electrons. The number of imidazole rings is 1. The van der Waals surface area contributed by atoms with Crippen molar-refractivity contribution in [3.05, 3.63) is 82.9 Å². The van der Waals surface area contributed by atoms with Gasteiger partial charge in [0, 0.05) is 31.4 Å². The predicted octanol–water partition coefficient (Wildman–Crippen LogP) is 9.09. The fraction of sp³-hybridized carbons (Fsp3) is 0.595.